The summed E-state index contributed by atoms with van der Waals surface area (Å²) in [5.41, 5.74) is 0.785. The zero-order chi connectivity index (χ0) is 13.8. The number of alkyl halides is 1. The van der Waals surface area contributed by atoms with Gasteiger partial charge in [-0.2, -0.15) is 0 Å². The number of ether oxygens (including phenoxy) is 1. The average molecular weight is 496 g/mol. The summed E-state index contributed by atoms with van der Waals surface area (Å²) in [6, 6.07) is 3.31. The van der Waals surface area contributed by atoms with Gasteiger partial charge in [0, 0.05) is 12.6 Å². The van der Waals surface area contributed by atoms with Gasteiger partial charge in [0.25, 0.3) is 0 Å². The molecule has 0 amide bonds. The number of hydrogen-bond acceptors (Lipinski definition) is 5. The van der Waals surface area contributed by atoms with E-state index in [1.165, 1.54) is 7.11 Å². The van der Waals surface area contributed by atoms with E-state index in [9.17, 15) is 8.42 Å². The smallest absolute Gasteiger partial charge is 0.216 e. The van der Waals surface area contributed by atoms with Crippen molar-refractivity contribution >= 4 is 61.0 Å². The Balaban J connectivity index is 3.26. The molecule has 0 bridgehead atoms. The molecule has 0 aromatic carbocycles. The zero-order valence-corrected chi connectivity index (χ0v) is 15.2. The van der Waals surface area contributed by atoms with Gasteiger partial charge in [-0.3, -0.25) is 0 Å². The topological polar surface area (TPSA) is 59.5 Å². The third-order valence-corrected chi connectivity index (χ3v) is 6.77. The highest BCUT2D eigenvalue weighted by Gasteiger charge is 2.18. The first-order valence-electron chi connectivity index (χ1n) is 5.22. The Bertz CT molecular complexity index is 508. The van der Waals surface area contributed by atoms with Gasteiger partial charge in [-0.05, 0) is 12.5 Å². The second-order valence-electron chi connectivity index (χ2n) is 3.52. The van der Waals surface area contributed by atoms with E-state index in [0.29, 0.717) is 5.88 Å². The van der Waals surface area contributed by atoms with Gasteiger partial charge < -0.3 is 7.85 Å². The van der Waals surface area contributed by atoms with Crippen LogP contribution in [0.25, 0.3) is 0 Å². The molecular weight excluding hydrogens is 482 g/mol. The van der Waals surface area contributed by atoms with E-state index in [4.69, 9.17) is 4.74 Å². The molecule has 0 radical (unpaired) electrons. The Kier molecular flexibility index (Phi) is 6.38. The van der Waals surface area contributed by atoms with Crippen LogP contribution in [-0.4, -0.2) is 30.8 Å². The molecular formula is C10H14I2N2O3S. The largest absolute Gasteiger partial charge is 0.481 e. The first-order valence-corrected chi connectivity index (χ1v) is 9.37. The maximum absolute atomic E-state index is 11.9. The summed E-state index contributed by atoms with van der Waals surface area (Å²) in [5.74, 6) is 0.314. The van der Waals surface area contributed by atoms with Crippen LogP contribution in [0.1, 0.15) is 13.3 Å². The number of aromatic nitrogens is 1. The van der Waals surface area contributed by atoms with Crippen LogP contribution in [-0.2, 0) is 9.84 Å². The minimum absolute atomic E-state index is 0.000604. The molecule has 1 aromatic rings. The van der Waals surface area contributed by atoms with Gasteiger partial charge in [0.1, 0.15) is 3.76 Å². The Morgan fingerprint density at radius 2 is 2.11 bits per heavy atom. The fourth-order valence-corrected chi connectivity index (χ4v) is 3.61. The van der Waals surface area contributed by atoms with Crippen LogP contribution in [0.4, 0.5) is 5.69 Å². The SMILES string of the molecule is CCCN(I)c1cc(OC)nc(S(=O)(=O)CI)c1. The van der Waals surface area contributed by atoms with Crippen LogP contribution in [0.2, 0.25) is 0 Å². The second-order valence-corrected chi connectivity index (χ2v) is 8.41. The fraction of sp³-hybridized carbons (Fsp3) is 0.500. The first kappa shape index (κ1) is 16.2. The predicted octanol–water partition coefficient (Wildman–Crippen LogP) is 2.82. The third-order valence-electron chi connectivity index (χ3n) is 2.13. The van der Waals surface area contributed by atoms with Gasteiger partial charge in [-0.15, -0.1) is 0 Å². The van der Waals surface area contributed by atoms with E-state index in [1.54, 1.807) is 12.1 Å². The molecule has 8 heteroatoms. The van der Waals surface area contributed by atoms with E-state index in [1.807, 2.05) is 25.7 Å². The van der Waals surface area contributed by atoms with Crippen molar-refractivity contribution in [3.05, 3.63) is 12.1 Å². The van der Waals surface area contributed by atoms with Gasteiger partial charge in [-0.25, -0.2) is 13.4 Å². The van der Waals surface area contributed by atoms with E-state index in [0.717, 1.165) is 18.7 Å². The average Bonchev–Trinajstić information content (AvgIpc) is 2.38. The second kappa shape index (κ2) is 7.08. The summed E-state index contributed by atoms with van der Waals surface area (Å²) in [5, 5.41) is 0.0593. The Hall–Kier alpha value is 0.160. The van der Waals surface area contributed by atoms with Crippen LogP contribution in [0.3, 0.4) is 0 Å². The van der Waals surface area contributed by atoms with Crippen LogP contribution < -0.4 is 7.85 Å². The lowest BCUT2D eigenvalue weighted by molar-refractivity contribution is 0.394. The third kappa shape index (κ3) is 4.08. The monoisotopic (exact) mass is 496 g/mol. The summed E-state index contributed by atoms with van der Waals surface area (Å²) in [6.07, 6.45) is 0.974. The van der Waals surface area contributed by atoms with E-state index < -0.39 is 9.84 Å². The Labute approximate surface area is 135 Å². The number of hydrogen-bond donors (Lipinski definition) is 0. The van der Waals surface area contributed by atoms with Crippen LogP contribution in [0.5, 0.6) is 5.88 Å². The van der Waals surface area contributed by atoms with Crippen LogP contribution in [0, 0.1) is 0 Å². The molecule has 0 aliphatic carbocycles. The van der Waals surface area contributed by atoms with Crippen molar-refractivity contribution in [1.29, 1.82) is 0 Å². The fourth-order valence-electron chi connectivity index (χ4n) is 1.25. The molecule has 102 valence electrons. The molecule has 0 N–H and O–H groups in total. The van der Waals surface area contributed by atoms with Crippen molar-refractivity contribution in [2.75, 3.05) is 20.5 Å². The maximum atomic E-state index is 11.9. The summed E-state index contributed by atoms with van der Waals surface area (Å²) in [6.45, 7) is 2.89. The van der Waals surface area contributed by atoms with Crippen molar-refractivity contribution in [3.63, 3.8) is 0 Å². The molecule has 0 spiro atoms. The molecule has 0 aliphatic heterocycles. The number of sulfone groups is 1. The number of methoxy groups -OCH3 is 1. The van der Waals surface area contributed by atoms with Crippen molar-refractivity contribution in [2.45, 2.75) is 18.4 Å². The maximum Gasteiger partial charge on any atom is 0.216 e. The Morgan fingerprint density at radius 1 is 1.44 bits per heavy atom. The van der Waals surface area contributed by atoms with Gasteiger partial charge in [0.15, 0.2) is 5.03 Å². The van der Waals surface area contributed by atoms with Gasteiger partial charge in [0.05, 0.1) is 35.7 Å². The molecule has 0 unspecified atom stereocenters. The van der Waals surface area contributed by atoms with Gasteiger partial charge >= 0.3 is 0 Å². The number of pyridine rings is 1. The quantitative estimate of drug-likeness (QED) is 0.345. The highest BCUT2D eigenvalue weighted by atomic mass is 127. The lowest BCUT2D eigenvalue weighted by atomic mass is 10.3. The van der Waals surface area contributed by atoms with Crippen molar-refractivity contribution in [3.8, 4) is 5.88 Å². The van der Waals surface area contributed by atoms with Gasteiger partial charge in [-0.1, -0.05) is 29.5 Å². The van der Waals surface area contributed by atoms with Crippen LogP contribution in [0.15, 0.2) is 17.2 Å². The molecule has 18 heavy (non-hydrogen) atoms. The zero-order valence-electron chi connectivity index (χ0n) is 10.1. The summed E-state index contributed by atoms with van der Waals surface area (Å²) in [4.78, 5) is 3.99. The minimum atomic E-state index is -3.34. The number of nitrogens with zero attached hydrogens (tertiary/aromatic N) is 2. The van der Waals surface area contributed by atoms with Crippen molar-refractivity contribution in [2.24, 2.45) is 0 Å². The van der Waals surface area contributed by atoms with Crippen molar-refractivity contribution in [1.82, 2.24) is 4.98 Å². The number of rotatable bonds is 6. The molecule has 5 nitrogen and oxygen atoms in total. The van der Waals surface area contributed by atoms with Gasteiger partial charge in [0.2, 0.25) is 15.7 Å². The normalized spacial score (nSPS) is 11.3. The molecule has 0 aliphatic rings. The van der Waals surface area contributed by atoms with E-state index in [2.05, 4.69) is 34.8 Å². The molecule has 1 aromatic heterocycles. The molecule has 1 heterocycles. The lowest BCUT2D eigenvalue weighted by Gasteiger charge is -2.17. The highest BCUT2D eigenvalue weighted by molar-refractivity contribution is 14.1. The molecule has 0 fully saturated rings. The lowest BCUT2D eigenvalue weighted by Crippen LogP contribution is -2.12. The predicted molar refractivity (Wildman–Crippen MR) is 88.5 cm³/mol. The summed E-state index contributed by atoms with van der Waals surface area (Å²) < 4.78 is 30.7. The minimum Gasteiger partial charge on any atom is -0.481 e. The number of anilines is 1. The molecule has 0 atom stereocenters. The summed E-state index contributed by atoms with van der Waals surface area (Å²) >= 11 is 3.97. The molecule has 0 saturated heterocycles. The standard InChI is InChI=1S/C10H14I2N2O3S/c1-3-4-14(12)8-5-9(17-2)13-10(6-8)18(15,16)7-11/h5-6H,3-4,7H2,1-2H3. The van der Waals surface area contributed by atoms with Crippen LogP contribution >= 0.6 is 45.5 Å². The van der Waals surface area contributed by atoms with E-state index >= 15 is 0 Å². The highest BCUT2D eigenvalue weighted by Crippen LogP contribution is 2.26. The molecule has 1 rings (SSSR count). The first-order chi connectivity index (χ1) is 8.44. The number of halogens is 2. The summed E-state index contributed by atoms with van der Waals surface area (Å²) in [7, 11) is -1.86. The van der Waals surface area contributed by atoms with Crippen molar-refractivity contribution < 1.29 is 13.2 Å². The van der Waals surface area contributed by atoms with E-state index in [-0.39, 0.29) is 8.79 Å². The Morgan fingerprint density at radius 3 is 2.61 bits per heavy atom. The molecule has 0 saturated carbocycles.